The molecular weight excluding hydrogens is 381 g/mol. The van der Waals surface area contributed by atoms with Gasteiger partial charge < -0.3 is 14.5 Å². The maximum Gasteiger partial charge on any atom is 0.243 e. The molecule has 0 bridgehead atoms. The van der Waals surface area contributed by atoms with Crippen LogP contribution in [-0.2, 0) is 14.8 Å². The lowest BCUT2D eigenvalue weighted by Gasteiger charge is -2.32. The largest absolute Gasteiger partial charge is 0.378 e. The topological polar surface area (TPSA) is 63.1 Å². The van der Waals surface area contributed by atoms with Gasteiger partial charge in [0.15, 0.2) is 0 Å². The van der Waals surface area contributed by atoms with E-state index in [1.807, 2.05) is 43.3 Å². The second-order valence-corrected chi connectivity index (χ2v) is 8.83. The molecule has 3 rings (SSSR count). The Morgan fingerprint density at radius 1 is 1.11 bits per heavy atom. The number of ether oxygens (including phenoxy) is 1. The molecule has 1 aliphatic rings. The Bertz CT molecular complexity index is 882. The SMILES string of the molecule is CN(C)c1ccc([C@H](CNS(=O)(=O)c2ccccc2F)[NH+]2CCOCC2)cc1. The zero-order valence-corrected chi connectivity index (χ0v) is 17.0. The molecule has 8 heteroatoms. The number of sulfonamides is 1. The number of halogens is 1. The molecule has 1 fully saturated rings. The van der Waals surface area contributed by atoms with Gasteiger partial charge in [-0.3, -0.25) is 0 Å². The first-order chi connectivity index (χ1) is 13.4. The first kappa shape index (κ1) is 20.7. The van der Waals surface area contributed by atoms with Gasteiger partial charge in [0.2, 0.25) is 10.0 Å². The summed E-state index contributed by atoms with van der Waals surface area (Å²) in [5.41, 5.74) is 2.12. The molecule has 1 atom stereocenters. The molecule has 152 valence electrons. The molecule has 28 heavy (non-hydrogen) atoms. The number of morpholine rings is 1. The molecular formula is C20H27FN3O3S+. The minimum atomic E-state index is -3.93. The van der Waals surface area contributed by atoms with E-state index in [0.717, 1.165) is 30.4 Å². The fraction of sp³-hybridized carbons (Fsp3) is 0.400. The average Bonchev–Trinajstić information content (AvgIpc) is 2.69. The zero-order valence-electron chi connectivity index (χ0n) is 16.2. The normalized spacial score (nSPS) is 16.7. The summed E-state index contributed by atoms with van der Waals surface area (Å²) in [6, 6.07) is 13.4. The summed E-state index contributed by atoms with van der Waals surface area (Å²) < 4.78 is 47.3. The van der Waals surface area contributed by atoms with Crippen molar-refractivity contribution in [2.75, 3.05) is 51.8 Å². The van der Waals surface area contributed by atoms with Crippen LogP contribution in [-0.4, -0.2) is 55.4 Å². The minimum Gasteiger partial charge on any atom is -0.378 e. The van der Waals surface area contributed by atoms with E-state index < -0.39 is 15.8 Å². The highest BCUT2D eigenvalue weighted by Crippen LogP contribution is 2.18. The van der Waals surface area contributed by atoms with Crippen LogP contribution in [0, 0.1) is 5.82 Å². The standard InChI is InChI=1S/C20H26FN3O3S/c1-23(2)17-9-7-16(8-10-17)19(24-11-13-27-14-12-24)15-22-28(25,26)20-6-4-3-5-18(20)21/h3-10,19,22H,11-15H2,1-2H3/p+1/t19-/m0/s1. The fourth-order valence-corrected chi connectivity index (χ4v) is 4.54. The lowest BCUT2D eigenvalue weighted by atomic mass is 10.0. The van der Waals surface area contributed by atoms with Crippen molar-refractivity contribution in [3.05, 3.63) is 59.9 Å². The monoisotopic (exact) mass is 408 g/mol. The van der Waals surface area contributed by atoms with Crippen molar-refractivity contribution in [1.29, 1.82) is 0 Å². The predicted octanol–water partition coefficient (Wildman–Crippen LogP) is 0.826. The third kappa shape index (κ3) is 4.88. The third-order valence-corrected chi connectivity index (χ3v) is 6.50. The maximum atomic E-state index is 14.0. The Labute approximate surface area is 166 Å². The molecule has 0 saturated carbocycles. The molecule has 0 aliphatic carbocycles. The first-order valence-corrected chi connectivity index (χ1v) is 10.8. The average molecular weight is 409 g/mol. The molecule has 2 aromatic rings. The molecule has 6 nitrogen and oxygen atoms in total. The molecule has 0 aromatic heterocycles. The molecule has 0 spiro atoms. The molecule has 1 saturated heterocycles. The molecule has 1 heterocycles. The summed E-state index contributed by atoms with van der Waals surface area (Å²) >= 11 is 0. The van der Waals surface area contributed by atoms with Crippen molar-refractivity contribution < 1.29 is 22.4 Å². The van der Waals surface area contributed by atoms with E-state index >= 15 is 0 Å². The van der Waals surface area contributed by atoms with E-state index in [4.69, 9.17) is 4.74 Å². The first-order valence-electron chi connectivity index (χ1n) is 9.32. The Morgan fingerprint density at radius 2 is 1.75 bits per heavy atom. The van der Waals surface area contributed by atoms with Crippen LogP contribution in [0.25, 0.3) is 0 Å². The number of benzene rings is 2. The molecule has 0 unspecified atom stereocenters. The second kappa shape index (κ2) is 9.00. The highest BCUT2D eigenvalue weighted by Gasteiger charge is 2.29. The Balaban J connectivity index is 1.82. The van der Waals surface area contributed by atoms with Gasteiger partial charge in [-0.15, -0.1) is 0 Å². The summed E-state index contributed by atoms with van der Waals surface area (Å²) in [5, 5.41) is 0. The predicted molar refractivity (Wildman–Crippen MR) is 107 cm³/mol. The summed E-state index contributed by atoms with van der Waals surface area (Å²) in [4.78, 5) is 2.94. The van der Waals surface area contributed by atoms with Gasteiger partial charge in [0.25, 0.3) is 0 Å². The van der Waals surface area contributed by atoms with Crippen molar-refractivity contribution in [3.8, 4) is 0 Å². The third-order valence-electron chi connectivity index (χ3n) is 5.04. The van der Waals surface area contributed by atoms with E-state index in [0.29, 0.717) is 13.2 Å². The van der Waals surface area contributed by atoms with Crippen LogP contribution < -0.4 is 14.5 Å². The van der Waals surface area contributed by atoms with Crippen LogP contribution >= 0.6 is 0 Å². The molecule has 0 amide bonds. The van der Waals surface area contributed by atoms with Gasteiger partial charge in [0.05, 0.1) is 19.8 Å². The minimum absolute atomic E-state index is 0.0818. The fourth-order valence-electron chi connectivity index (χ4n) is 3.42. The molecule has 0 radical (unpaired) electrons. The van der Waals surface area contributed by atoms with Crippen LogP contribution in [0.1, 0.15) is 11.6 Å². The van der Waals surface area contributed by atoms with Gasteiger partial charge in [0.1, 0.15) is 29.8 Å². The van der Waals surface area contributed by atoms with Gasteiger partial charge in [-0.25, -0.2) is 17.5 Å². The van der Waals surface area contributed by atoms with Gasteiger partial charge >= 0.3 is 0 Å². The highest BCUT2D eigenvalue weighted by molar-refractivity contribution is 7.89. The number of rotatable bonds is 7. The number of nitrogens with zero attached hydrogens (tertiary/aromatic N) is 1. The Hall–Kier alpha value is -2.00. The van der Waals surface area contributed by atoms with Crippen molar-refractivity contribution in [1.82, 2.24) is 4.72 Å². The lowest BCUT2D eigenvalue weighted by Crippen LogP contribution is -3.15. The lowest BCUT2D eigenvalue weighted by molar-refractivity contribution is -0.937. The van der Waals surface area contributed by atoms with E-state index in [2.05, 4.69) is 4.72 Å². The maximum absolute atomic E-state index is 14.0. The summed E-state index contributed by atoms with van der Waals surface area (Å²) in [7, 11) is 0.0168. The molecule has 1 aliphatic heterocycles. The summed E-state index contributed by atoms with van der Waals surface area (Å²) in [6.45, 7) is 3.06. The van der Waals surface area contributed by atoms with Gasteiger partial charge in [0, 0.05) is 25.3 Å². The van der Waals surface area contributed by atoms with Crippen molar-refractivity contribution >= 4 is 15.7 Å². The smallest absolute Gasteiger partial charge is 0.243 e. The van der Waals surface area contributed by atoms with E-state index in [1.165, 1.54) is 23.1 Å². The van der Waals surface area contributed by atoms with Gasteiger partial charge in [-0.1, -0.05) is 24.3 Å². The van der Waals surface area contributed by atoms with Crippen LogP contribution in [0.2, 0.25) is 0 Å². The quantitative estimate of drug-likeness (QED) is 0.712. The number of hydrogen-bond acceptors (Lipinski definition) is 4. The summed E-state index contributed by atoms with van der Waals surface area (Å²) in [5.74, 6) is -0.749. The molecule has 2 aromatic carbocycles. The molecule has 2 N–H and O–H groups in total. The highest BCUT2D eigenvalue weighted by atomic mass is 32.2. The van der Waals surface area contributed by atoms with Crippen molar-refractivity contribution in [3.63, 3.8) is 0 Å². The number of nitrogens with one attached hydrogen (secondary N) is 2. The van der Waals surface area contributed by atoms with Crippen LogP contribution in [0.3, 0.4) is 0 Å². The summed E-state index contributed by atoms with van der Waals surface area (Å²) in [6.07, 6.45) is 0. The number of quaternary nitrogens is 1. The van der Waals surface area contributed by atoms with Crippen LogP contribution in [0.5, 0.6) is 0 Å². The van der Waals surface area contributed by atoms with E-state index in [1.54, 1.807) is 0 Å². The zero-order chi connectivity index (χ0) is 20.1. The van der Waals surface area contributed by atoms with E-state index in [-0.39, 0.29) is 17.5 Å². The Morgan fingerprint density at radius 3 is 2.36 bits per heavy atom. The van der Waals surface area contributed by atoms with Crippen LogP contribution in [0.4, 0.5) is 10.1 Å². The van der Waals surface area contributed by atoms with Crippen LogP contribution in [0.15, 0.2) is 53.4 Å². The van der Waals surface area contributed by atoms with Crippen molar-refractivity contribution in [2.24, 2.45) is 0 Å². The number of hydrogen-bond donors (Lipinski definition) is 2. The number of anilines is 1. The van der Waals surface area contributed by atoms with Crippen molar-refractivity contribution in [2.45, 2.75) is 10.9 Å². The van der Waals surface area contributed by atoms with Gasteiger partial charge in [-0.2, -0.15) is 0 Å². The van der Waals surface area contributed by atoms with E-state index in [9.17, 15) is 12.8 Å². The van der Waals surface area contributed by atoms with Gasteiger partial charge in [-0.05, 0) is 24.3 Å². The Kier molecular flexibility index (Phi) is 6.66. The second-order valence-electron chi connectivity index (χ2n) is 7.09.